The van der Waals surface area contributed by atoms with Crippen LogP contribution in [-0.2, 0) is 0 Å². The summed E-state index contributed by atoms with van der Waals surface area (Å²) in [7, 11) is 3.27. The predicted octanol–water partition coefficient (Wildman–Crippen LogP) is 4.44. The predicted molar refractivity (Wildman–Crippen MR) is 89.9 cm³/mol. The van der Waals surface area contributed by atoms with Crippen LogP contribution < -0.4 is 9.47 Å². The van der Waals surface area contributed by atoms with Crippen LogP contribution in [0.3, 0.4) is 0 Å². The Morgan fingerprint density at radius 3 is 1.73 bits per heavy atom. The van der Waals surface area contributed by atoms with Gasteiger partial charge in [-0.3, -0.25) is 4.79 Å². The zero-order valence-electron chi connectivity index (χ0n) is 13.4. The largest absolute Gasteiger partial charge is 0.496 e. The Labute approximate surface area is 131 Å². The number of aryl methyl sites for hydroxylation is 2. The van der Waals surface area contributed by atoms with Crippen LogP contribution in [0, 0.1) is 13.8 Å². The van der Waals surface area contributed by atoms with Crippen LogP contribution in [0.25, 0.3) is 17.2 Å². The average molecular weight is 296 g/mol. The summed E-state index contributed by atoms with van der Waals surface area (Å²) in [6, 6.07) is 7.64. The molecule has 0 saturated heterocycles. The molecule has 114 valence electrons. The molecule has 0 aliphatic heterocycles. The van der Waals surface area contributed by atoms with E-state index < -0.39 is 0 Å². The summed E-state index contributed by atoms with van der Waals surface area (Å²) >= 11 is 0. The maximum Gasteiger partial charge on any atom is 0.150 e. The second-order valence-electron chi connectivity index (χ2n) is 5.16. The lowest BCUT2D eigenvalue weighted by molar-refractivity contribution is 0.112. The zero-order chi connectivity index (χ0) is 16.3. The van der Waals surface area contributed by atoms with Gasteiger partial charge in [0.05, 0.1) is 14.2 Å². The number of carbonyl (C=O) groups excluding carboxylic acids is 1. The Kier molecular flexibility index (Phi) is 4.66. The maximum atomic E-state index is 11.2. The van der Waals surface area contributed by atoms with Crippen molar-refractivity contribution >= 4 is 12.4 Å². The molecule has 0 aliphatic carbocycles. The van der Waals surface area contributed by atoms with Crippen molar-refractivity contribution in [3.05, 3.63) is 53.1 Å². The highest BCUT2D eigenvalue weighted by Crippen LogP contribution is 2.41. The quantitative estimate of drug-likeness (QED) is 0.765. The highest BCUT2D eigenvalue weighted by Gasteiger charge is 2.17. The fraction of sp³-hybridized carbons (Fsp3) is 0.211. The van der Waals surface area contributed by atoms with Gasteiger partial charge in [-0.05, 0) is 54.8 Å². The van der Waals surface area contributed by atoms with Gasteiger partial charge < -0.3 is 9.47 Å². The van der Waals surface area contributed by atoms with Crippen LogP contribution >= 0.6 is 0 Å². The number of methoxy groups -OCH3 is 2. The van der Waals surface area contributed by atoms with E-state index in [1.165, 1.54) is 0 Å². The van der Waals surface area contributed by atoms with Crippen molar-refractivity contribution in [1.29, 1.82) is 0 Å². The molecular formula is C19H20O3. The number of ether oxygens (including phenoxy) is 2. The van der Waals surface area contributed by atoms with Gasteiger partial charge in [-0.25, -0.2) is 0 Å². The van der Waals surface area contributed by atoms with E-state index in [4.69, 9.17) is 9.47 Å². The first-order valence-corrected chi connectivity index (χ1v) is 7.01. The number of hydrogen-bond donors (Lipinski definition) is 0. The van der Waals surface area contributed by atoms with Crippen LogP contribution in [-0.4, -0.2) is 20.5 Å². The van der Waals surface area contributed by atoms with Gasteiger partial charge in [0.2, 0.25) is 0 Å². The molecule has 0 atom stereocenters. The summed E-state index contributed by atoms with van der Waals surface area (Å²) in [5.41, 5.74) is 5.24. The lowest BCUT2D eigenvalue weighted by Gasteiger charge is -2.17. The molecule has 2 aromatic rings. The topological polar surface area (TPSA) is 35.5 Å². The fourth-order valence-electron chi connectivity index (χ4n) is 2.73. The summed E-state index contributed by atoms with van der Waals surface area (Å²) in [4.78, 5) is 11.2. The summed E-state index contributed by atoms with van der Waals surface area (Å²) in [6.07, 6.45) is 2.63. The van der Waals surface area contributed by atoms with Crippen LogP contribution in [0.15, 0.2) is 30.8 Å². The fourth-order valence-corrected chi connectivity index (χ4v) is 2.73. The average Bonchev–Trinajstić information content (AvgIpc) is 2.53. The van der Waals surface area contributed by atoms with Gasteiger partial charge in [0.1, 0.15) is 17.8 Å². The normalized spacial score (nSPS) is 10.2. The number of carbonyl (C=O) groups is 1. The Bertz CT molecular complexity index is 666. The molecule has 0 heterocycles. The lowest BCUT2D eigenvalue weighted by Crippen LogP contribution is -1.98. The second kappa shape index (κ2) is 6.48. The SMILES string of the molecule is C=Cc1cc(C)c(OC)c(-c2cc(C=O)cc(C)c2OC)c1. The first-order valence-electron chi connectivity index (χ1n) is 7.01. The van der Waals surface area contributed by atoms with Crippen molar-refractivity contribution in [3.8, 4) is 22.6 Å². The lowest BCUT2D eigenvalue weighted by atomic mass is 9.94. The van der Waals surface area contributed by atoms with Crippen LogP contribution in [0.5, 0.6) is 11.5 Å². The van der Waals surface area contributed by atoms with Gasteiger partial charge >= 0.3 is 0 Å². The first-order chi connectivity index (χ1) is 10.5. The number of rotatable bonds is 5. The van der Waals surface area contributed by atoms with E-state index in [-0.39, 0.29) is 0 Å². The molecule has 0 fully saturated rings. The molecule has 0 bridgehead atoms. The Morgan fingerprint density at radius 2 is 1.32 bits per heavy atom. The van der Waals surface area contributed by atoms with E-state index in [9.17, 15) is 4.79 Å². The Balaban J connectivity index is 2.85. The molecule has 3 nitrogen and oxygen atoms in total. The summed E-state index contributed by atoms with van der Waals surface area (Å²) in [6.45, 7) is 7.73. The molecule has 0 unspecified atom stereocenters. The smallest absolute Gasteiger partial charge is 0.150 e. The third kappa shape index (κ3) is 2.75. The third-order valence-electron chi connectivity index (χ3n) is 3.66. The van der Waals surface area contributed by atoms with Gasteiger partial charge in [0, 0.05) is 16.7 Å². The summed E-state index contributed by atoms with van der Waals surface area (Å²) < 4.78 is 11.1. The monoisotopic (exact) mass is 296 g/mol. The highest BCUT2D eigenvalue weighted by atomic mass is 16.5. The highest BCUT2D eigenvalue weighted by molar-refractivity contribution is 5.86. The van der Waals surface area contributed by atoms with Crippen molar-refractivity contribution in [1.82, 2.24) is 0 Å². The van der Waals surface area contributed by atoms with E-state index in [1.807, 2.05) is 38.1 Å². The molecule has 0 spiro atoms. The van der Waals surface area contributed by atoms with E-state index in [2.05, 4.69) is 6.58 Å². The standard InChI is InChI=1S/C19H20O3/c1-6-14-7-12(2)18(21-4)16(9-14)17-10-15(11-20)8-13(3)19(17)22-5/h6-11H,1H2,2-5H3. The second-order valence-corrected chi connectivity index (χ2v) is 5.16. The van der Waals surface area contributed by atoms with Crippen molar-refractivity contribution in [2.75, 3.05) is 14.2 Å². The van der Waals surface area contributed by atoms with E-state index >= 15 is 0 Å². The molecule has 0 aliphatic rings. The molecule has 0 radical (unpaired) electrons. The minimum atomic E-state index is 0.608. The van der Waals surface area contributed by atoms with Crippen molar-refractivity contribution < 1.29 is 14.3 Å². The Hall–Kier alpha value is -2.55. The zero-order valence-corrected chi connectivity index (χ0v) is 13.4. The van der Waals surface area contributed by atoms with Crippen LogP contribution in [0.1, 0.15) is 27.0 Å². The minimum Gasteiger partial charge on any atom is -0.496 e. The molecule has 0 amide bonds. The van der Waals surface area contributed by atoms with Crippen LogP contribution in [0.2, 0.25) is 0 Å². The molecule has 3 heteroatoms. The van der Waals surface area contributed by atoms with E-state index in [0.717, 1.165) is 45.6 Å². The first kappa shape index (κ1) is 15.8. The Morgan fingerprint density at radius 1 is 0.864 bits per heavy atom. The van der Waals surface area contributed by atoms with Gasteiger partial charge in [-0.2, -0.15) is 0 Å². The number of benzene rings is 2. The molecule has 22 heavy (non-hydrogen) atoms. The van der Waals surface area contributed by atoms with Gasteiger partial charge in [0.15, 0.2) is 0 Å². The summed E-state index contributed by atoms with van der Waals surface area (Å²) in [5, 5.41) is 0. The third-order valence-corrected chi connectivity index (χ3v) is 3.66. The maximum absolute atomic E-state index is 11.2. The molecule has 0 saturated carbocycles. The number of aldehydes is 1. The van der Waals surface area contributed by atoms with Crippen molar-refractivity contribution in [3.63, 3.8) is 0 Å². The van der Waals surface area contributed by atoms with Crippen molar-refractivity contribution in [2.24, 2.45) is 0 Å². The molecular weight excluding hydrogens is 276 g/mol. The van der Waals surface area contributed by atoms with Gasteiger partial charge in [-0.15, -0.1) is 0 Å². The minimum absolute atomic E-state index is 0.608. The van der Waals surface area contributed by atoms with Crippen molar-refractivity contribution in [2.45, 2.75) is 13.8 Å². The van der Waals surface area contributed by atoms with Gasteiger partial charge in [-0.1, -0.05) is 12.7 Å². The molecule has 2 rings (SSSR count). The van der Waals surface area contributed by atoms with E-state index in [1.54, 1.807) is 20.3 Å². The number of hydrogen-bond acceptors (Lipinski definition) is 3. The summed E-state index contributed by atoms with van der Waals surface area (Å²) in [5.74, 6) is 1.51. The molecule has 2 aromatic carbocycles. The molecule has 0 aromatic heterocycles. The van der Waals surface area contributed by atoms with E-state index in [0.29, 0.717) is 5.56 Å². The van der Waals surface area contributed by atoms with Gasteiger partial charge in [0.25, 0.3) is 0 Å². The van der Waals surface area contributed by atoms with Crippen LogP contribution in [0.4, 0.5) is 0 Å². The molecule has 0 N–H and O–H groups in total.